The molecule has 1 aromatic heterocycles. The number of esters is 1. The van der Waals surface area contributed by atoms with E-state index in [0.717, 1.165) is 43.0 Å². The topological polar surface area (TPSA) is 85.5 Å². The predicted molar refractivity (Wildman–Crippen MR) is 93.9 cm³/mol. The molecule has 0 radical (unpaired) electrons. The lowest BCUT2D eigenvalue weighted by molar-refractivity contribution is -0.148. The molecule has 1 amide bonds. The number of hydrogen-bond donors (Lipinski definition) is 1. The van der Waals surface area contributed by atoms with Gasteiger partial charge in [0, 0.05) is 19.5 Å². The number of piperidine rings is 1. The van der Waals surface area contributed by atoms with E-state index >= 15 is 0 Å². The molecule has 6 nitrogen and oxygen atoms in total. The van der Waals surface area contributed by atoms with Crippen LogP contribution in [0.4, 0.5) is 5.13 Å². The highest BCUT2D eigenvalue weighted by Crippen LogP contribution is 2.32. The first-order chi connectivity index (χ1) is 11.6. The molecule has 0 atom stereocenters. The zero-order valence-corrected chi connectivity index (χ0v) is 14.3. The van der Waals surface area contributed by atoms with Gasteiger partial charge < -0.3 is 15.4 Å². The van der Waals surface area contributed by atoms with Crippen molar-refractivity contribution in [1.82, 2.24) is 4.98 Å². The van der Waals surface area contributed by atoms with Gasteiger partial charge in [-0.15, -0.1) is 0 Å². The molecular formula is C17H21N3O3S. The number of hydrogen-bond acceptors (Lipinski definition) is 6. The number of para-hydroxylation sites is 1. The molecule has 24 heavy (non-hydrogen) atoms. The van der Waals surface area contributed by atoms with E-state index in [4.69, 9.17) is 15.5 Å². The summed E-state index contributed by atoms with van der Waals surface area (Å²) >= 11 is 1.73. The van der Waals surface area contributed by atoms with Crippen molar-refractivity contribution in [2.75, 3.05) is 24.6 Å². The van der Waals surface area contributed by atoms with Crippen LogP contribution in [0.15, 0.2) is 24.3 Å². The average Bonchev–Trinajstić information content (AvgIpc) is 3.02. The number of aromatic nitrogens is 1. The molecule has 7 heteroatoms. The predicted octanol–water partition coefficient (Wildman–Crippen LogP) is 2.32. The molecule has 0 unspecified atom stereocenters. The van der Waals surface area contributed by atoms with Crippen LogP contribution < -0.4 is 10.6 Å². The first-order valence-electron chi connectivity index (χ1n) is 8.16. The molecule has 1 aliphatic rings. The van der Waals surface area contributed by atoms with Crippen molar-refractivity contribution in [1.29, 1.82) is 0 Å². The fraction of sp³-hybridized carbons (Fsp3) is 0.471. The van der Waals surface area contributed by atoms with E-state index in [9.17, 15) is 9.59 Å². The third-order valence-corrected chi connectivity index (χ3v) is 5.40. The standard InChI is InChI=1S/C17H21N3O3S/c18-15(21)11-23-16(22)6-5-12-7-9-20(10-8-12)17-19-13-3-1-2-4-14(13)24-17/h1-4,12H,5-11H2,(H2,18,21). The number of benzene rings is 1. The summed E-state index contributed by atoms with van der Waals surface area (Å²) in [5.74, 6) is -0.452. The number of primary amides is 1. The third-order valence-electron chi connectivity index (χ3n) is 4.30. The summed E-state index contributed by atoms with van der Waals surface area (Å²) in [6.07, 6.45) is 3.22. The fourth-order valence-electron chi connectivity index (χ4n) is 2.95. The number of rotatable bonds is 6. The molecule has 1 aliphatic heterocycles. The van der Waals surface area contributed by atoms with Crippen molar-refractivity contribution >= 4 is 38.6 Å². The van der Waals surface area contributed by atoms with E-state index < -0.39 is 5.91 Å². The second-order valence-corrected chi connectivity index (χ2v) is 7.07. The first-order valence-corrected chi connectivity index (χ1v) is 8.98. The van der Waals surface area contributed by atoms with E-state index in [1.54, 1.807) is 11.3 Å². The van der Waals surface area contributed by atoms with E-state index in [2.05, 4.69) is 11.0 Å². The van der Waals surface area contributed by atoms with Gasteiger partial charge in [0.15, 0.2) is 11.7 Å². The number of amides is 1. The Kier molecular flexibility index (Phi) is 5.30. The number of carbonyl (C=O) groups is 2. The Labute approximate surface area is 144 Å². The van der Waals surface area contributed by atoms with E-state index in [0.29, 0.717) is 12.3 Å². The number of carbonyl (C=O) groups excluding carboxylic acids is 2. The molecular weight excluding hydrogens is 326 g/mol. The monoisotopic (exact) mass is 347 g/mol. The van der Waals surface area contributed by atoms with Gasteiger partial charge in [0.1, 0.15) is 0 Å². The van der Waals surface area contributed by atoms with Crippen LogP contribution in [-0.4, -0.2) is 36.6 Å². The minimum absolute atomic E-state index is 0.325. The molecule has 3 rings (SSSR count). The summed E-state index contributed by atoms with van der Waals surface area (Å²) in [6.45, 7) is 1.59. The van der Waals surface area contributed by atoms with Gasteiger partial charge >= 0.3 is 5.97 Å². The molecule has 128 valence electrons. The fourth-order valence-corrected chi connectivity index (χ4v) is 3.97. The number of ether oxygens (including phenoxy) is 1. The second kappa shape index (κ2) is 7.61. The summed E-state index contributed by atoms with van der Waals surface area (Å²) in [6, 6.07) is 8.18. The Morgan fingerprint density at radius 2 is 2.04 bits per heavy atom. The van der Waals surface area contributed by atoms with Gasteiger partial charge in [0.05, 0.1) is 10.2 Å². The quantitative estimate of drug-likeness (QED) is 0.811. The van der Waals surface area contributed by atoms with Crippen molar-refractivity contribution in [3.63, 3.8) is 0 Å². The van der Waals surface area contributed by atoms with Gasteiger partial charge in [-0.05, 0) is 37.3 Å². The third kappa shape index (κ3) is 4.23. The highest BCUT2D eigenvalue weighted by Gasteiger charge is 2.22. The smallest absolute Gasteiger partial charge is 0.306 e. The highest BCUT2D eigenvalue weighted by atomic mass is 32.1. The molecule has 2 aromatic rings. The zero-order valence-electron chi connectivity index (χ0n) is 13.4. The lowest BCUT2D eigenvalue weighted by Crippen LogP contribution is -2.33. The molecule has 1 aromatic carbocycles. The highest BCUT2D eigenvalue weighted by molar-refractivity contribution is 7.22. The molecule has 1 saturated heterocycles. The molecule has 2 heterocycles. The van der Waals surface area contributed by atoms with Gasteiger partial charge in [0.2, 0.25) is 0 Å². The number of thiazole rings is 1. The Morgan fingerprint density at radius 3 is 2.75 bits per heavy atom. The van der Waals surface area contributed by atoms with E-state index in [-0.39, 0.29) is 12.6 Å². The lowest BCUT2D eigenvalue weighted by atomic mass is 9.92. The van der Waals surface area contributed by atoms with Gasteiger partial charge in [-0.3, -0.25) is 9.59 Å². The van der Waals surface area contributed by atoms with Crippen molar-refractivity contribution < 1.29 is 14.3 Å². The van der Waals surface area contributed by atoms with Crippen molar-refractivity contribution in [2.24, 2.45) is 11.7 Å². The summed E-state index contributed by atoms with van der Waals surface area (Å²) < 4.78 is 6.00. The summed E-state index contributed by atoms with van der Waals surface area (Å²) in [4.78, 5) is 29.1. The maximum atomic E-state index is 11.5. The average molecular weight is 347 g/mol. The summed E-state index contributed by atoms with van der Waals surface area (Å²) in [5, 5.41) is 1.08. The van der Waals surface area contributed by atoms with Crippen molar-refractivity contribution in [2.45, 2.75) is 25.7 Å². The van der Waals surface area contributed by atoms with Gasteiger partial charge in [-0.1, -0.05) is 23.5 Å². The van der Waals surface area contributed by atoms with Crippen LogP contribution in [0.5, 0.6) is 0 Å². The molecule has 0 aliphatic carbocycles. The first kappa shape index (κ1) is 16.7. The summed E-state index contributed by atoms with van der Waals surface area (Å²) in [7, 11) is 0. The maximum absolute atomic E-state index is 11.5. The number of anilines is 1. The molecule has 2 N–H and O–H groups in total. The normalized spacial score (nSPS) is 15.6. The molecule has 1 fully saturated rings. The zero-order chi connectivity index (χ0) is 16.9. The molecule has 0 spiro atoms. The van der Waals surface area contributed by atoms with Gasteiger partial charge in [0.25, 0.3) is 5.91 Å². The number of fused-ring (bicyclic) bond motifs is 1. The van der Waals surface area contributed by atoms with Crippen LogP contribution in [0.2, 0.25) is 0 Å². The van der Waals surface area contributed by atoms with Crippen LogP contribution in [-0.2, 0) is 14.3 Å². The largest absolute Gasteiger partial charge is 0.456 e. The van der Waals surface area contributed by atoms with Crippen molar-refractivity contribution in [3.05, 3.63) is 24.3 Å². The van der Waals surface area contributed by atoms with E-state index in [1.165, 1.54) is 4.70 Å². The van der Waals surface area contributed by atoms with Gasteiger partial charge in [-0.2, -0.15) is 0 Å². The van der Waals surface area contributed by atoms with Crippen molar-refractivity contribution in [3.8, 4) is 0 Å². The van der Waals surface area contributed by atoms with Crippen LogP contribution in [0.25, 0.3) is 10.2 Å². The SMILES string of the molecule is NC(=O)COC(=O)CCC1CCN(c2nc3ccccc3s2)CC1. The van der Waals surface area contributed by atoms with E-state index in [1.807, 2.05) is 18.2 Å². The van der Waals surface area contributed by atoms with Gasteiger partial charge in [-0.25, -0.2) is 4.98 Å². The Hall–Kier alpha value is -2.15. The second-order valence-electron chi connectivity index (χ2n) is 6.06. The maximum Gasteiger partial charge on any atom is 0.306 e. The Bertz CT molecular complexity index is 690. The van der Waals surface area contributed by atoms with Crippen LogP contribution in [0, 0.1) is 5.92 Å². The van der Waals surface area contributed by atoms with Crippen LogP contribution >= 0.6 is 11.3 Å². The minimum atomic E-state index is -0.618. The number of nitrogens with two attached hydrogens (primary N) is 1. The molecule has 0 bridgehead atoms. The Morgan fingerprint density at radius 1 is 1.29 bits per heavy atom. The number of nitrogens with zero attached hydrogens (tertiary/aromatic N) is 2. The summed E-state index contributed by atoms with van der Waals surface area (Å²) in [5.41, 5.74) is 6.00. The molecule has 0 saturated carbocycles. The Balaban J connectivity index is 1.45. The van der Waals surface area contributed by atoms with Crippen LogP contribution in [0.1, 0.15) is 25.7 Å². The van der Waals surface area contributed by atoms with Crippen LogP contribution in [0.3, 0.4) is 0 Å². The lowest BCUT2D eigenvalue weighted by Gasteiger charge is -2.31. The minimum Gasteiger partial charge on any atom is -0.456 e.